The molecule has 0 fully saturated rings. The van der Waals surface area contributed by atoms with Crippen LogP contribution in [0.15, 0.2) is 12.4 Å². The lowest BCUT2D eigenvalue weighted by Gasteiger charge is -2.10. The molecule has 0 aliphatic heterocycles. The molecule has 1 aromatic rings. The average Bonchev–Trinajstić information content (AvgIpc) is 2.55. The molecule has 0 bridgehead atoms. The number of rotatable bonds is 4. The highest BCUT2D eigenvalue weighted by atomic mass is 35.5. The van der Waals surface area contributed by atoms with Crippen molar-refractivity contribution in [3.05, 3.63) is 18.0 Å². The first kappa shape index (κ1) is 10.1. The molecule has 0 saturated heterocycles. The Morgan fingerprint density at radius 1 is 1.85 bits per heavy atom. The number of H-pyrrole nitrogens is 1. The molecule has 1 aromatic heterocycles. The summed E-state index contributed by atoms with van der Waals surface area (Å²) in [5, 5.41) is 9.28. The largest absolute Gasteiger partial charge is 0.349 e. The van der Waals surface area contributed by atoms with Gasteiger partial charge in [-0.2, -0.15) is 5.10 Å². The topological polar surface area (TPSA) is 57.8 Å². The molecule has 1 unspecified atom stereocenters. The predicted molar refractivity (Wildman–Crippen MR) is 50.5 cm³/mol. The zero-order valence-corrected chi connectivity index (χ0v) is 8.14. The molecule has 0 saturated carbocycles. The van der Waals surface area contributed by atoms with Crippen LogP contribution in [-0.4, -0.2) is 22.0 Å². The third kappa shape index (κ3) is 3.06. The summed E-state index contributed by atoms with van der Waals surface area (Å²) in [5.41, 5.74) is 0.961. The van der Waals surface area contributed by atoms with Crippen molar-refractivity contribution >= 4 is 17.5 Å². The molecule has 13 heavy (non-hydrogen) atoms. The van der Waals surface area contributed by atoms with Crippen LogP contribution in [0.2, 0.25) is 0 Å². The number of nitrogens with one attached hydrogen (secondary N) is 2. The summed E-state index contributed by atoms with van der Waals surface area (Å²) in [4.78, 5) is 11.1. The molecule has 1 rings (SSSR count). The van der Waals surface area contributed by atoms with Gasteiger partial charge in [0.25, 0.3) is 0 Å². The van der Waals surface area contributed by atoms with Crippen LogP contribution >= 0.6 is 11.6 Å². The zero-order valence-electron chi connectivity index (χ0n) is 7.38. The lowest BCUT2D eigenvalue weighted by Crippen LogP contribution is -2.26. The van der Waals surface area contributed by atoms with Crippen molar-refractivity contribution in [1.29, 1.82) is 0 Å². The van der Waals surface area contributed by atoms with Crippen molar-refractivity contribution in [2.24, 2.45) is 0 Å². The summed E-state index contributed by atoms with van der Waals surface area (Å²) < 4.78 is 0. The monoisotopic (exact) mass is 201 g/mol. The first-order chi connectivity index (χ1) is 6.24. The highest BCUT2D eigenvalue weighted by Gasteiger charge is 2.08. The molecular weight excluding hydrogens is 190 g/mol. The lowest BCUT2D eigenvalue weighted by molar-refractivity contribution is -0.121. The molecule has 0 aliphatic rings. The number of alkyl halides is 1. The van der Waals surface area contributed by atoms with Gasteiger partial charge in [-0.1, -0.05) is 0 Å². The fourth-order valence-electron chi connectivity index (χ4n) is 0.980. The van der Waals surface area contributed by atoms with E-state index in [0.717, 1.165) is 5.56 Å². The normalized spacial score (nSPS) is 12.5. The maximum atomic E-state index is 11.1. The third-order valence-electron chi connectivity index (χ3n) is 1.72. The molecule has 5 heteroatoms. The lowest BCUT2D eigenvalue weighted by atomic mass is 10.2. The molecule has 1 atom stereocenters. The Labute approximate surface area is 81.7 Å². The van der Waals surface area contributed by atoms with Gasteiger partial charge < -0.3 is 5.32 Å². The molecule has 2 N–H and O–H groups in total. The van der Waals surface area contributed by atoms with Gasteiger partial charge in [-0.15, -0.1) is 11.6 Å². The molecule has 4 nitrogen and oxygen atoms in total. The van der Waals surface area contributed by atoms with E-state index in [1.54, 1.807) is 12.4 Å². The van der Waals surface area contributed by atoms with Gasteiger partial charge >= 0.3 is 0 Å². The number of carbonyl (C=O) groups is 1. The van der Waals surface area contributed by atoms with Gasteiger partial charge in [0.2, 0.25) is 5.91 Å². The Kier molecular flexibility index (Phi) is 3.76. The number of aromatic amines is 1. The molecular formula is C8H12ClN3O. The van der Waals surface area contributed by atoms with Crippen molar-refractivity contribution in [2.75, 3.05) is 5.88 Å². The Bertz CT molecular complexity index is 260. The van der Waals surface area contributed by atoms with Crippen molar-refractivity contribution < 1.29 is 4.79 Å². The van der Waals surface area contributed by atoms with Crippen LogP contribution < -0.4 is 5.32 Å². The van der Waals surface area contributed by atoms with Gasteiger partial charge in [0.1, 0.15) is 0 Å². The average molecular weight is 202 g/mol. The first-order valence-electron chi connectivity index (χ1n) is 4.08. The fraction of sp³-hybridized carbons (Fsp3) is 0.500. The molecule has 0 aliphatic carbocycles. The van der Waals surface area contributed by atoms with E-state index >= 15 is 0 Å². The van der Waals surface area contributed by atoms with Crippen LogP contribution in [0.25, 0.3) is 0 Å². The number of halogens is 1. The molecule has 1 amide bonds. The minimum atomic E-state index is -0.0382. The van der Waals surface area contributed by atoms with E-state index in [-0.39, 0.29) is 11.9 Å². The number of hydrogen-bond acceptors (Lipinski definition) is 2. The van der Waals surface area contributed by atoms with Crippen molar-refractivity contribution in [1.82, 2.24) is 15.5 Å². The number of carbonyl (C=O) groups excluding carboxylic acids is 1. The second-order valence-corrected chi connectivity index (χ2v) is 3.14. The Balaban J connectivity index is 2.42. The highest BCUT2D eigenvalue weighted by Crippen LogP contribution is 2.08. The fourth-order valence-corrected chi connectivity index (χ4v) is 1.15. The molecule has 0 aromatic carbocycles. The van der Waals surface area contributed by atoms with E-state index < -0.39 is 0 Å². The van der Waals surface area contributed by atoms with Gasteiger partial charge in [-0.05, 0) is 6.92 Å². The van der Waals surface area contributed by atoms with Crippen molar-refractivity contribution in [2.45, 2.75) is 19.4 Å². The highest BCUT2D eigenvalue weighted by molar-refractivity contribution is 6.18. The maximum Gasteiger partial charge on any atom is 0.221 e. The van der Waals surface area contributed by atoms with Crippen LogP contribution in [0.4, 0.5) is 0 Å². The SMILES string of the molecule is CC(NC(=O)CCCl)c1cn[nH]c1. The smallest absolute Gasteiger partial charge is 0.221 e. The van der Waals surface area contributed by atoms with Gasteiger partial charge in [-0.25, -0.2) is 0 Å². The quantitative estimate of drug-likeness (QED) is 0.720. The summed E-state index contributed by atoms with van der Waals surface area (Å²) in [6, 6.07) is -0.0190. The van der Waals surface area contributed by atoms with Crippen LogP contribution in [0.1, 0.15) is 24.9 Å². The molecule has 1 heterocycles. The van der Waals surface area contributed by atoms with Crippen LogP contribution in [-0.2, 0) is 4.79 Å². The van der Waals surface area contributed by atoms with Gasteiger partial charge in [0, 0.05) is 24.1 Å². The summed E-state index contributed by atoms with van der Waals surface area (Å²) in [6.07, 6.45) is 3.79. The van der Waals surface area contributed by atoms with Gasteiger partial charge in [0.05, 0.1) is 12.2 Å². The van der Waals surface area contributed by atoms with Crippen molar-refractivity contribution in [3.63, 3.8) is 0 Å². The number of hydrogen-bond donors (Lipinski definition) is 2. The maximum absolute atomic E-state index is 11.1. The standard InChI is InChI=1S/C8H12ClN3O/c1-6(7-4-10-11-5-7)12-8(13)2-3-9/h4-6H,2-3H2,1H3,(H,10,11)(H,12,13). The number of nitrogens with zero attached hydrogens (tertiary/aromatic N) is 1. The zero-order chi connectivity index (χ0) is 9.68. The van der Waals surface area contributed by atoms with E-state index in [2.05, 4.69) is 15.5 Å². The minimum Gasteiger partial charge on any atom is -0.349 e. The molecule has 72 valence electrons. The summed E-state index contributed by atoms with van der Waals surface area (Å²) in [7, 11) is 0. The molecule has 0 spiro atoms. The summed E-state index contributed by atoms with van der Waals surface area (Å²) in [5.74, 6) is 0.313. The van der Waals surface area contributed by atoms with Gasteiger partial charge in [-0.3, -0.25) is 9.89 Å². The Morgan fingerprint density at radius 2 is 2.62 bits per heavy atom. The first-order valence-corrected chi connectivity index (χ1v) is 4.61. The van der Waals surface area contributed by atoms with E-state index in [0.29, 0.717) is 12.3 Å². The van der Waals surface area contributed by atoms with Crippen LogP contribution in [0.3, 0.4) is 0 Å². The van der Waals surface area contributed by atoms with Crippen LogP contribution in [0.5, 0.6) is 0 Å². The second-order valence-electron chi connectivity index (χ2n) is 2.76. The Morgan fingerprint density at radius 3 is 3.15 bits per heavy atom. The summed E-state index contributed by atoms with van der Waals surface area (Å²) in [6.45, 7) is 1.90. The number of amides is 1. The second kappa shape index (κ2) is 4.87. The van der Waals surface area contributed by atoms with E-state index in [4.69, 9.17) is 11.6 Å². The predicted octanol–water partition coefficient (Wildman–Crippen LogP) is 1.22. The number of aromatic nitrogens is 2. The van der Waals surface area contributed by atoms with Crippen molar-refractivity contribution in [3.8, 4) is 0 Å². The van der Waals surface area contributed by atoms with E-state index in [9.17, 15) is 4.79 Å². The Hall–Kier alpha value is -1.03. The third-order valence-corrected chi connectivity index (χ3v) is 1.91. The minimum absolute atomic E-state index is 0.0190. The van der Waals surface area contributed by atoms with E-state index in [1.165, 1.54) is 0 Å². The van der Waals surface area contributed by atoms with E-state index in [1.807, 2.05) is 6.92 Å². The van der Waals surface area contributed by atoms with Crippen LogP contribution in [0, 0.1) is 0 Å². The molecule has 0 radical (unpaired) electrons. The van der Waals surface area contributed by atoms with Gasteiger partial charge in [0.15, 0.2) is 0 Å². The summed E-state index contributed by atoms with van der Waals surface area (Å²) >= 11 is 5.43.